The van der Waals surface area contributed by atoms with E-state index in [-0.39, 0.29) is 6.16 Å². The average molecular weight is 241 g/mol. The third-order valence-electron chi connectivity index (χ3n) is 1.70. The maximum atomic E-state index is 10.5. The van der Waals surface area contributed by atoms with Gasteiger partial charge in [-0.2, -0.15) is 0 Å². The highest BCUT2D eigenvalue weighted by Gasteiger charge is 2.28. The van der Waals surface area contributed by atoms with E-state index >= 15 is 0 Å². The summed E-state index contributed by atoms with van der Waals surface area (Å²) in [5.41, 5.74) is 5.11. The van der Waals surface area contributed by atoms with Crippen molar-refractivity contribution in [1.29, 1.82) is 0 Å². The van der Waals surface area contributed by atoms with E-state index in [0.29, 0.717) is 12.5 Å². The molecule has 0 spiro atoms. The van der Waals surface area contributed by atoms with Gasteiger partial charge >= 0.3 is 0 Å². The second-order valence-corrected chi connectivity index (χ2v) is 4.63. The Bertz CT molecular complexity index is 160. The quantitative estimate of drug-likeness (QED) is 0.558. The summed E-state index contributed by atoms with van der Waals surface area (Å²) >= 11 is 0. The smallest absolute Gasteiger partial charge is 0.194 e. The van der Waals surface area contributed by atoms with E-state index in [1.54, 1.807) is 0 Å². The molecule has 0 rings (SSSR count). The summed E-state index contributed by atoms with van der Waals surface area (Å²) in [4.78, 5) is 8.67. The van der Waals surface area contributed by atoms with Crippen LogP contribution in [0.5, 0.6) is 0 Å². The van der Waals surface area contributed by atoms with E-state index in [1.165, 1.54) is 14.2 Å². The van der Waals surface area contributed by atoms with Crippen LogP contribution in [0.3, 0.4) is 0 Å². The number of rotatable bonds is 5. The van der Waals surface area contributed by atoms with Gasteiger partial charge in [0.05, 0.1) is 6.16 Å². The molecule has 0 fully saturated rings. The Balaban J connectivity index is 0. The van der Waals surface area contributed by atoms with Crippen molar-refractivity contribution in [2.24, 2.45) is 5.73 Å². The highest BCUT2D eigenvalue weighted by atomic mass is 31.1. The van der Waals surface area contributed by atoms with Crippen molar-refractivity contribution in [2.45, 2.75) is 39.0 Å². The first-order valence-electron chi connectivity index (χ1n) is 4.91. The summed E-state index contributed by atoms with van der Waals surface area (Å²) in [6.07, 6.45) is 0.623. The lowest BCUT2D eigenvalue weighted by Gasteiger charge is -2.28. The molecule has 0 saturated carbocycles. The van der Waals surface area contributed by atoms with Gasteiger partial charge in [-0.1, -0.05) is 20.8 Å². The van der Waals surface area contributed by atoms with Crippen LogP contribution < -0.4 is 5.73 Å². The van der Waals surface area contributed by atoms with Crippen LogP contribution in [0.15, 0.2) is 0 Å². The second-order valence-electron chi connectivity index (χ2n) is 3.49. The molecule has 1 atom stereocenters. The Morgan fingerprint density at radius 2 is 1.73 bits per heavy atom. The van der Waals surface area contributed by atoms with E-state index in [0.717, 1.165) is 0 Å². The van der Waals surface area contributed by atoms with E-state index in [9.17, 15) is 4.57 Å². The first-order chi connectivity index (χ1) is 6.83. The van der Waals surface area contributed by atoms with Crippen molar-refractivity contribution in [3.05, 3.63) is 0 Å². The molecule has 0 amide bonds. The molecule has 0 aromatic carbocycles. The molecule has 0 aliphatic heterocycles. The first-order valence-corrected chi connectivity index (χ1v) is 6.47. The lowest BCUT2D eigenvalue weighted by Crippen LogP contribution is -2.35. The van der Waals surface area contributed by atoms with Crippen LogP contribution in [-0.4, -0.2) is 37.1 Å². The molecule has 0 aliphatic rings. The van der Waals surface area contributed by atoms with Gasteiger partial charge in [0.25, 0.3) is 0 Å². The largest absolute Gasteiger partial charge is 0.353 e. The zero-order valence-electron chi connectivity index (χ0n) is 10.2. The molecule has 1 unspecified atom stereocenters. The second kappa shape index (κ2) is 9.31. The molecule has 0 aliphatic carbocycles. The third-order valence-corrected chi connectivity index (χ3v) is 2.54. The van der Waals surface area contributed by atoms with Crippen molar-refractivity contribution in [3.63, 3.8) is 0 Å². The topological polar surface area (TPSA) is 81.8 Å². The Morgan fingerprint density at radius 1 is 1.40 bits per heavy atom. The minimum Gasteiger partial charge on any atom is -0.353 e. The molecule has 0 aromatic rings. The van der Waals surface area contributed by atoms with Gasteiger partial charge in [0.1, 0.15) is 0 Å². The summed E-state index contributed by atoms with van der Waals surface area (Å²) in [7, 11) is 0.413. The van der Waals surface area contributed by atoms with Gasteiger partial charge in [-0.25, -0.2) is 0 Å². The number of methoxy groups -OCH3 is 2. The molecule has 0 bridgehead atoms. The van der Waals surface area contributed by atoms with Crippen molar-refractivity contribution in [1.82, 2.24) is 0 Å². The van der Waals surface area contributed by atoms with Crippen molar-refractivity contribution in [3.8, 4) is 0 Å². The average Bonchev–Trinajstić information content (AvgIpc) is 2.13. The lowest BCUT2D eigenvalue weighted by atomic mass is 10.2. The SMILES string of the molecule is CC(C)N.CCC(C[PH](=O)O)(OC)OC. The van der Waals surface area contributed by atoms with Crippen LogP contribution in [0, 0.1) is 0 Å². The molecule has 3 N–H and O–H groups in total. The van der Waals surface area contributed by atoms with Crippen LogP contribution in [0.4, 0.5) is 0 Å². The van der Waals surface area contributed by atoms with Gasteiger partial charge in [0.2, 0.25) is 0 Å². The van der Waals surface area contributed by atoms with Crippen LogP contribution in [-0.2, 0) is 14.0 Å². The molecule has 0 radical (unpaired) electrons. The molecule has 0 heterocycles. The molecule has 0 aromatic heterocycles. The van der Waals surface area contributed by atoms with Gasteiger partial charge in [-0.15, -0.1) is 0 Å². The van der Waals surface area contributed by atoms with Gasteiger partial charge < -0.3 is 20.1 Å². The Kier molecular flexibility index (Phi) is 10.8. The van der Waals surface area contributed by atoms with E-state index < -0.39 is 13.8 Å². The monoisotopic (exact) mass is 241 g/mol. The zero-order chi connectivity index (χ0) is 12.5. The van der Waals surface area contributed by atoms with Crippen LogP contribution >= 0.6 is 8.03 Å². The highest BCUT2D eigenvalue weighted by molar-refractivity contribution is 7.38. The van der Waals surface area contributed by atoms with Gasteiger partial charge in [0.15, 0.2) is 13.8 Å². The Morgan fingerprint density at radius 3 is 1.80 bits per heavy atom. The summed E-state index contributed by atoms with van der Waals surface area (Å²) in [5, 5.41) is 0. The lowest BCUT2D eigenvalue weighted by molar-refractivity contribution is -0.191. The van der Waals surface area contributed by atoms with Crippen LogP contribution in [0.25, 0.3) is 0 Å². The van der Waals surface area contributed by atoms with Crippen molar-refractivity contribution < 1.29 is 18.9 Å². The van der Waals surface area contributed by atoms with Crippen LogP contribution in [0.1, 0.15) is 27.2 Å². The summed E-state index contributed by atoms with van der Waals surface area (Å²) in [6, 6.07) is 0.333. The molecule has 5 nitrogen and oxygen atoms in total. The maximum absolute atomic E-state index is 10.5. The standard InChI is InChI=1S/C6H15O4P.C3H9N/c1-4-6(9-2,10-3)5-11(7)8;1-3(2)4/h11H,4-5H2,1-3H3,(H,7,8);3H,4H2,1-2H3. The molecule has 94 valence electrons. The fraction of sp³-hybridized carbons (Fsp3) is 1.00. The normalized spacial score (nSPS) is 13.3. The molecule has 0 saturated heterocycles. The van der Waals surface area contributed by atoms with E-state index in [2.05, 4.69) is 0 Å². The van der Waals surface area contributed by atoms with Gasteiger partial charge in [0, 0.05) is 14.2 Å². The number of nitrogens with two attached hydrogens (primary N) is 1. The number of hydrogen-bond acceptors (Lipinski definition) is 4. The molecular formula is C9H24NO4P. The summed E-state index contributed by atoms with van der Waals surface area (Å²) < 4.78 is 20.5. The minimum atomic E-state index is -2.53. The molecular weight excluding hydrogens is 217 g/mol. The van der Waals surface area contributed by atoms with Gasteiger partial charge in [-0.3, -0.25) is 4.57 Å². The van der Waals surface area contributed by atoms with E-state index in [4.69, 9.17) is 20.1 Å². The van der Waals surface area contributed by atoms with Crippen molar-refractivity contribution in [2.75, 3.05) is 20.4 Å². The fourth-order valence-corrected chi connectivity index (χ4v) is 1.87. The molecule has 6 heteroatoms. The van der Waals surface area contributed by atoms with Crippen LogP contribution in [0.2, 0.25) is 0 Å². The maximum Gasteiger partial charge on any atom is 0.194 e. The van der Waals surface area contributed by atoms with Crippen molar-refractivity contribution >= 4 is 8.03 Å². The highest BCUT2D eigenvalue weighted by Crippen LogP contribution is 2.27. The Hall–Kier alpha value is 0.0700. The van der Waals surface area contributed by atoms with Gasteiger partial charge in [-0.05, 0) is 12.5 Å². The Labute approximate surface area is 92.8 Å². The van der Waals surface area contributed by atoms with E-state index in [1.807, 2.05) is 20.8 Å². The number of hydrogen-bond donors (Lipinski definition) is 2. The summed E-state index contributed by atoms with van der Waals surface area (Å²) in [5.74, 6) is -0.870. The fourth-order valence-electron chi connectivity index (χ4n) is 0.872. The number of ether oxygens (including phenoxy) is 2. The summed E-state index contributed by atoms with van der Waals surface area (Å²) in [6.45, 7) is 5.73. The first kappa shape index (κ1) is 17.5. The third kappa shape index (κ3) is 10.4. The predicted molar refractivity (Wildman–Crippen MR) is 62.5 cm³/mol. The zero-order valence-corrected chi connectivity index (χ0v) is 11.2. The predicted octanol–water partition coefficient (Wildman–Crippen LogP) is 1.21. The molecule has 15 heavy (non-hydrogen) atoms. The minimum absolute atomic E-state index is 0.0567.